The van der Waals surface area contributed by atoms with Crippen LogP contribution in [0.5, 0.6) is 0 Å². The number of likely N-dealkylation sites (tertiary alicyclic amines) is 1. The highest BCUT2D eigenvalue weighted by atomic mass is 16.2. The van der Waals surface area contributed by atoms with Gasteiger partial charge in [-0.25, -0.2) is 4.98 Å². The lowest BCUT2D eigenvalue weighted by Crippen LogP contribution is -2.51. The van der Waals surface area contributed by atoms with Crippen molar-refractivity contribution in [2.45, 2.75) is 45.2 Å². The smallest absolute Gasteiger partial charge is 0.222 e. The van der Waals surface area contributed by atoms with Crippen LogP contribution < -0.4 is 5.73 Å². The van der Waals surface area contributed by atoms with Crippen LogP contribution in [0, 0.1) is 5.92 Å². The Labute approximate surface area is 114 Å². The number of hydrogen-bond donors (Lipinski definition) is 1. The Morgan fingerprint density at radius 2 is 2.37 bits per heavy atom. The van der Waals surface area contributed by atoms with Crippen LogP contribution in [0.4, 0.5) is 0 Å². The molecule has 1 aliphatic rings. The summed E-state index contributed by atoms with van der Waals surface area (Å²) in [6.07, 6.45) is 9.22. The lowest BCUT2D eigenvalue weighted by Gasteiger charge is -2.39. The van der Waals surface area contributed by atoms with Gasteiger partial charge in [-0.2, -0.15) is 0 Å². The molecule has 2 rings (SSSR count). The Balaban J connectivity index is 1.81. The van der Waals surface area contributed by atoms with Gasteiger partial charge in [-0.3, -0.25) is 4.79 Å². The molecule has 1 saturated heterocycles. The quantitative estimate of drug-likeness (QED) is 0.870. The van der Waals surface area contributed by atoms with Crippen LogP contribution >= 0.6 is 0 Å². The molecule has 1 amide bonds. The van der Waals surface area contributed by atoms with E-state index in [4.69, 9.17) is 5.73 Å². The number of aryl methyl sites for hydroxylation is 1. The van der Waals surface area contributed by atoms with E-state index in [2.05, 4.69) is 11.9 Å². The third kappa shape index (κ3) is 3.56. The average Bonchev–Trinajstić information content (AvgIpc) is 2.91. The van der Waals surface area contributed by atoms with Gasteiger partial charge in [-0.1, -0.05) is 6.92 Å². The predicted octanol–water partition coefficient (Wildman–Crippen LogP) is 1.25. The summed E-state index contributed by atoms with van der Waals surface area (Å²) in [6, 6.07) is 0.231. The summed E-state index contributed by atoms with van der Waals surface area (Å²) < 4.78 is 2.01. The molecule has 2 N–H and O–H groups in total. The van der Waals surface area contributed by atoms with Crippen molar-refractivity contribution in [2.24, 2.45) is 11.7 Å². The molecule has 0 saturated carbocycles. The first-order valence-corrected chi connectivity index (χ1v) is 7.17. The van der Waals surface area contributed by atoms with Gasteiger partial charge in [-0.15, -0.1) is 0 Å². The van der Waals surface area contributed by atoms with Crippen LogP contribution in [0.15, 0.2) is 18.7 Å². The number of imidazole rings is 1. The first-order chi connectivity index (χ1) is 9.22. The predicted molar refractivity (Wildman–Crippen MR) is 74.4 cm³/mol. The topological polar surface area (TPSA) is 64.2 Å². The molecule has 0 aromatic carbocycles. The molecular formula is C14H24N4O. The second-order valence-corrected chi connectivity index (χ2v) is 5.41. The lowest BCUT2D eigenvalue weighted by atomic mass is 9.90. The summed E-state index contributed by atoms with van der Waals surface area (Å²) in [6.45, 7) is 4.50. The fourth-order valence-electron chi connectivity index (χ4n) is 2.89. The number of nitrogens with two attached hydrogens (primary N) is 1. The second-order valence-electron chi connectivity index (χ2n) is 5.41. The zero-order valence-corrected chi connectivity index (χ0v) is 11.7. The summed E-state index contributed by atoms with van der Waals surface area (Å²) in [5.41, 5.74) is 5.82. The maximum absolute atomic E-state index is 12.3. The Kier molecular flexibility index (Phi) is 4.96. The largest absolute Gasteiger partial charge is 0.338 e. The SMILES string of the molecule is C[C@H]1CCCN(C(=O)CCCn2ccnc2)[C@@H]1CN. The lowest BCUT2D eigenvalue weighted by molar-refractivity contribution is -0.136. The molecule has 0 unspecified atom stereocenters. The monoisotopic (exact) mass is 264 g/mol. The molecular weight excluding hydrogens is 240 g/mol. The van der Waals surface area contributed by atoms with Crippen LogP contribution in [0.1, 0.15) is 32.6 Å². The number of hydrogen-bond acceptors (Lipinski definition) is 3. The zero-order valence-electron chi connectivity index (χ0n) is 11.7. The van der Waals surface area contributed by atoms with Crippen molar-refractivity contribution >= 4 is 5.91 Å². The van der Waals surface area contributed by atoms with Crippen LogP contribution in [-0.4, -0.2) is 39.5 Å². The van der Waals surface area contributed by atoms with Crippen molar-refractivity contribution < 1.29 is 4.79 Å². The molecule has 1 aromatic heterocycles. The van der Waals surface area contributed by atoms with E-state index in [1.807, 2.05) is 15.7 Å². The molecule has 0 spiro atoms. The summed E-state index contributed by atoms with van der Waals surface area (Å²) in [7, 11) is 0. The minimum atomic E-state index is 0.231. The molecule has 0 radical (unpaired) electrons. The van der Waals surface area contributed by atoms with Crippen LogP contribution in [0.2, 0.25) is 0 Å². The molecule has 106 valence electrons. The van der Waals surface area contributed by atoms with Crippen LogP contribution in [0.25, 0.3) is 0 Å². The highest BCUT2D eigenvalue weighted by Crippen LogP contribution is 2.23. The van der Waals surface area contributed by atoms with E-state index < -0.39 is 0 Å². The van der Waals surface area contributed by atoms with Gasteiger partial charge in [0.2, 0.25) is 5.91 Å². The highest BCUT2D eigenvalue weighted by Gasteiger charge is 2.30. The summed E-state index contributed by atoms with van der Waals surface area (Å²) >= 11 is 0. The van der Waals surface area contributed by atoms with E-state index >= 15 is 0 Å². The minimum absolute atomic E-state index is 0.231. The van der Waals surface area contributed by atoms with Gasteiger partial charge in [0, 0.05) is 44.5 Å². The summed E-state index contributed by atoms with van der Waals surface area (Å²) in [4.78, 5) is 18.3. The molecule has 0 aliphatic carbocycles. The van der Waals surface area contributed by atoms with Gasteiger partial charge < -0.3 is 15.2 Å². The number of carbonyl (C=O) groups is 1. The average molecular weight is 264 g/mol. The van der Waals surface area contributed by atoms with Gasteiger partial charge >= 0.3 is 0 Å². The van der Waals surface area contributed by atoms with E-state index in [-0.39, 0.29) is 11.9 Å². The fraction of sp³-hybridized carbons (Fsp3) is 0.714. The molecule has 5 nitrogen and oxygen atoms in total. The first-order valence-electron chi connectivity index (χ1n) is 7.17. The van der Waals surface area contributed by atoms with Crippen molar-refractivity contribution in [3.8, 4) is 0 Å². The Morgan fingerprint density at radius 1 is 1.53 bits per heavy atom. The molecule has 1 fully saturated rings. The number of amides is 1. The maximum Gasteiger partial charge on any atom is 0.222 e. The molecule has 2 atom stereocenters. The molecule has 0 bridgehead atoms. The van der Waals surface area contributed by atoms with Crippen molar-refractivity contribution in [1.29, 1.82) is 0 Å². The molecule has 2 heterocycles. The fourth-order valence-corrected chi connectivity index (χ4v) is 2.89. The van der Waals surface area contributed by atoms with Gasteiger partial charge in [0.15, 0.2) is 0 Å². The van der Waals surface area contributed by atoms with Crippen molar-refractivity contribution in [3.63, 3.8) is 0 Å². The second kappa shape index (κ2) is 6.70. The number of aromatic nitrogens is 2. The highest BCUT2D eigenvalue weighted by molar-refractivity contribution is 5.76. The van der Waals surface area contributed by atoms with E-state index in [9.17, 15) is 4.79 Å². The third-order valence-corrected chi connectivity index (χ3v) is 4.04. The van der Waals surface area contributed by atoms with Crippen molar-refractivity contribution in [1.82, 2.24) is 14.5 Å². The van der Waals surface area contributed by atoms with Crippen molar-refractivity contribution in [3.05, 3.63) is 18.7 Å². The van der Waals surface area contributed by atoms with Crippen LogP contribution in [-0.2, 0) is 11.3 Å². The van der Waals surface area contributed by atoms with E-state index in [0.29, 0.717) is 18.9 Å². The Morgan fingerprint density at radius 3 is 3.05 bits per heavy atom. The minimum Gasteiger partial charge on any atom is -0.338 e. The molecule has 1 aromatic rings. The summed E-state index contributed by atoms with van der Waals surface area (Å²) in [5, 5.41) is 0. The first kappa shape index (κ1) is 14.1. The molecule has 19 heavy (non-hydrogen) atoms. The van der Waals surface area contributed by atoms with Gasteiger partial charge in [-0.05, 0) is 25.2 Å². The number of nitrogens with zero attached hydrogens (tertiary/aromatic N) is 3. The Hall–Kier alpha value is -1.36. The third-order valence-electron chi connectivity index (χ3n) is 4.04. The van der Waals surface area contributed by atoms with Crippen LogP contribution in [0.3, 0.4) is 0 Å². The van der Waals surface area contributed by atoms with E-state index in [1.165, 1.54) is 6.42 Å². The summed E-state index contributed by atoms with van der Waals surface area (Å²) in [5.74, 6) is 0.776. The number of rotatable bonds is 5. The molecule has 5 heteroatoms. The van der Waals surface area contributed by atoms with Crippen molar-refractivity contribution in [2.75, 3.05) is 13.1 Å². The molecule has 1 aliphatic heterocycles. The van der Waals surface area contributed by atoms with Gasteiger partial charge in [0.1, 0.15) is 0 Å². The normalized spacial score (nSPS) is 23.6. The van der Waals surface area contributed by atoms with Gasteiger partial charge in [0.05, 0.1) is 6.33 Å². The number of carbonyl (C=O) groups excluding carboxylic acids is 1. The van der Waals surface area contributed by atoms with E-state index in [1.54, 1.807) is 12.5 Å². The zero-order chi connectivity index (χ0) is 13.7. The Bertz CT molecular complexity index is 390. The standard InChI is InChI=1S/C14H24N4O/c1-12-4-2-8-18(13(12)10-15)14(19)5-3-7-17-9-6-16-11-17/h6,9,11-13H,2-5,7-8,10,15H2,1H3/t12-,13+/m0/s1. The van der Waals surface area contributed by atoms with Gasteiger partial charge in [0.25, 0.3) is 0 Å². The van der Waals surface area contributed by atoms with E-state index in [0.717, 1.165) is 25.9 Å². The maximum atomic E-state index is 12.3. The number of piperidine rings is 1.